The van der Waals surface area contributed by atoms with Gasteiger partial charge in [0.15, 0.2) is 5.65 Å². The highest BCUT2D eigenvalue weighted by Crippen LogP contribution is 2.23. The molecule has 4 rings (SSSR count). The van der Waals surface area contributed by atoms with Crippen LogP contribution in [-0.2, 0) is 13.1 Å². The van der Waals surface area contributed by atoms with Gasteiger partial charge < -0.3 is 20.1 Å². The Morgan fingerprint density at radius 1 is 0.812 bits per heavy atom. The predicted molar refractivity (Wildman–Crippen MR) is 126 cm³/mol. The van der Waals surface area contributed by atoms with E-state index < -0.39 is 0 Å². The first-order valence-corrected chi connectivity index (χ1v) is 10.6. The van der Waals surface area contributed by atoms with Gasteiger partial charge in [-0.2, -0.15) is 19.6 Å². The van der Waals surface area contributed by atoms with Crippen molar-refractivity contribution in [2.45, 2.75) is 32.9 Å². The van der Waals surface area contributed by atoms with E-state index in [2.05, 4.69) is 34.6 Å². The van der Waals surface area contributed by atoms with Gasteiger partial charge in [-0.1, -0.05) is 38.1 Å². The second-order valence-corrected chi connectivity index (χ2v) is 7.76. The summed E-state index contributed by atoms with van der Waals surface area (Å²) in [6, 6.07) is 15.9. The van der Waals surface area contributed by atoms with Gasteiger partial charge in [0.1, 0.15) is 11.5 Å². The zero-order valence-corrected chi connectivity index (χ0v) is 18.8. The maximum absolute atomic E-state index is 5.24. The molecule has 0 unspecified atom stereocenters. The van der Waals surface area contributed by atoms with Crippen LogP contribution in [-0.4, -0.2) is 33.8 Å². The lowest BCUT2D eigenvalue weighted by Gasteiger charge is -2.12. The van der Waals surface area contributed by atoms with E-state index in [-0.39, 0.29) is 0 Å². The van der Waals surface area contributed by atoms with Gasteiger partial charge in [0.2, 0.25) is 11.9 Å². The standard InChI is InChI=1S/C24H28N6O2/c1-16(2)21-15-27-30-22(21)28-23(25-13-17-5-9-19(31-3)10-6-17)29-24(30)26-14-18-7-11-20(32-4)12-8-18/h5-12,15-16H,13-14H2,1-4H3,(H2,25,26,28,29). The molecule has 0 saturated heterocycles. The van der Waals surface area contributed by atoms with Crippen LogP contribution in [0.2, 0.25) is 0 Å². The zero-order chi connectivity index (χ0) is 22.5. The zero-order valence-electron chi connectivity index (χ0n) is 18.8. The van der Waals surface area contributed by atoms with Gasteiger partial charge in [-0.15, -0.1) is 0 Å². The molecular formula is C24H28N6O2. The van der Waals surface area contributed by atoms with E-state index in [0.29, 0.717) is 30.9 Å². The topological polar surface area (TPSA) is 85.6 Å². The number of ether oxygens (including phenoxy) is 2. The summed E-state index contributed by atoms with van der Waals surface area (Å²) in [6.45, 7) is 5.47. The lowest BCUT2D eigenvalue weighted by Crippen LogP contribution is -2.12. The molecule has 4 aromatic rings. The van der Waals surface area contributed by atoms with Gasteiger partial charge in [0.05, 0.1) is 20.4 Å². The molecule has 8 heteroatoms. The first-order valence-electron chi connectivity index (χ1n) is 10.6. The van der Waals surface area contributed by atoms with Crippen molar-refractivity contribution in [1.82, 2.24) is 19.6 Å². The Balaban J connectivity index is 1.58. The van der Waals surface area contributed by atoms with Crippen molar-refractivity contribution in [3.05, 3.63) is 71.4 Å². The highest BCUT2D eigenvalue weighted by Gasteiger charge is 2.15. The molecule has 0 atom stereocenters. The molecule has 0 bridgehead atoms. The number of benzene rings is 2. The molecule has 8 nitrogen and oxygen atoms in total. The van der Waals surface area contributed by atoms with Crippen molar-refractivity contribution in [2.24, 2.45) is 0 Å². The molecule has 0 amide bonds. The Morgan fingerprint density at radius 3 is 1.91 bits per heavy atom. The number of rotatable bonds is 9. The van der Waals surface area contributed by atoms with E-state index in [0.717, 1.165) is 33.8 Å². The lowest BCUT2D eigenvalue weighted by atomic mass is 10.1. The van der Waals surface area contributed by atoms with Crippen LogP contribution in [0.5, 0.6) is 11.5 Å². The van der Waals surface area contributed by atoms with Crippen LogP contribution in [0.4, 0.5) is 11.9 Å². The summed E-state index contributed by atoms with van der Waals surface area (Å²) in [4.78, 5) is 9.43. The molecule has 0 spiro atoms. The average molecular weight is 433 g/mol. The summed E-state index contributed by atoms with van der Waals surface area (Å²) in [6.07, 6.45) is 1.86. The first-order chi connectivity index (χ1) is 15.6. The van der Waals surface area contributed by atoms with E-state index in [1.807, 2.05) is 54.7 Å². The summed E-state index contributed by atoms with van der Waals surface area (Å²) in [5.74, 6) is 3.14. The molecule has 0 fully saturated rings. The normalized spacial score (nSPS) is 11.0. The van der Waals surface area contributed by atoms with E-state index in [4.69, 9.17) is 14.5 Å². The maximum atomic E-state index is 5.24. The number of nitrogens with zero attached hydrogens (tertiary/aromatic N) is 4. The summed E-state index contributed by atoms with van der Waals surface area (Å²) in [7, 11) is 3.32. The fourth-order valence-electron chi connectivity index (χ4n) is 3.34. The van der Waals surface area contributed by atoms with Gasteiger partial charge in [0.25, 0.3) is 0 Å². The molecule has 0 aliphatic carbocycles. The molecule has 166 valence electrons. The molecular weight excluding hydrogens is 404 g/mol. The lowest BCUT2D eigenvalue weighted by molar-refractivity contribution is 0.414. The Bertz CT molecular complexity index is 1170. The van der Waals surface area contributed by atoms with Gasteiger partial charge in [-0.3, -0.25) is 0 Å². The number of hydrogen-bond acceptors (Lipinski definition) is 7. The quantitative estimate of drug-likeness (QED) is 0.403. The molecule has 0 aliphatic heterocycles. The minimum atomic E-state index is 0.297. The first kappa shape index (κ1) is 21.4. The van der Waals surface area contributed by atoms with Crippen molar-refractivity contribution in [2.75, 3.05) is 24.9 Å². The third kappa shape index (κ3) is 4.74. The number of methoxy groups -OCH3 is 2. The van der Waals surface area contributed by atoms with Crippen LogP contribution in [0.3, 0.4) is 0 Å². The number of hydrogen-bond donors (Lipinski definition) is 2. The van der Waals surface area contributed by atoms with Crippen LogP contribution < -0.4 is 20.1 Å². The molecule has 0 aliphatic rings. The highest BCUT2D eigenvalue weighted by atomic mass is 16.5. The van der Waals surface area contributed by atoms with Crippen molar-refractivity contribution >= 4 is 17.5 Å². The molecule has 2 heterocycles. The Labute approximate surface area is 187 Å². The fourth-order valence-corrected chi connectivity index (χ4v) is 3.34. The van der Waals surface area contributed by atoms with E-state index >= 15 is 0 Å². The average Bonchev–Trinajstić information content (AvgIpc) is 3.26. The van der Waals surface area contributed by atoms with Crippen LogP contribution in [0, 0.1) is 0 Å². The predicted octanol–water partition coefficient (Wildman–Crippen LogP) is 4.49. The Hall–Kier alpha value is -3.81. The van der Waals surface area contributed by atoms with Gasteiger partial charge in [-0.05, 0) is 41.3 Å². The van der Waals surface area contributed by atoms with Gasteiger partial charge >= 0.3 is 0 Å². The number of fused-ring (bicyclic) bond motifs is 1. The molecule has 2 N–H and O–H groups in total. The van der Waals surface area contributed by atoms with Crippen molar-refractivity contribution in [1.29, 1.82) is 0 Å². The molecule has 2 aromatic carbocycles. The summed E-state index contributed by atoms with van der Waals surface area (Å²) in [5, 5.41) is 11.3. The summed E-state index contributed by atoms with van der Waals surface area (Å²) in [5.41, 5.74) is 4.10. The van der Waals surface area contributed by atoms with Gasteiger partial charge in [-0.25, -0.2) is 0 Å². The highest BCUT2D eigenvalue weighted by molar-refractivity contribution is 5.56. The van der Waals surface area contributed by atoms with Crippen LogP contribution in [0.25, 0.3) is 5.65 Å². The monoisotopic (exact) mass is 432 g/mol. The van der Waals surface area contributed by atoms with Crippen molar-refractivity contribution in [3.8, 4) is 11.5 Å². The summed E-state index contributed by atoms with van der Waals surface area (Å²) >= 11 is 0. The van der Waals surface area contributed by atoms with E-state index in [1.54, 1.807) is 18.7 Å². The third-order valence-corrected chi connectivity index (χ3v) is 5.24. The van der Waals surface area contributed by atoms with Crippen LogP contribution in [0.1, 0.15) is 36.5 Å². The Morgan fingerprint density at radius 2 is 1.38 bits per heavy atom. The Kier molecular flexibility index (Phi) is 6.39. The van der Waals surface area contributed by atoms with Crippen LogP contribution >= 0.6 is 0 Å². The van der Waals surface area contributed by atoms with Gasteiger partial charge in [0, 0.05) is 18.7 Å². The molecule has 0 saturated carbocycles. The minimum Gasteiger partial charge on any atom is -0.497 e. The maximum Gasteiger partial charge on any atom is 0.229 e. The molecule has 2 aromatic heterocycles. The number of anilines is 2. The van der Waals surface area contributed by atoms with Crippen molar-refractivity contribution < 1.29 is 9.47 Å². The largest absolute Gasteiger partial charge is 0.497 e. The second-order valence-electron chi connectivity index (χ2n) is 7.76. The fraction of sp³-hybridized carbons (Fsp3) is 0.292. The molecule has 32 heavy (non-hydrogen) atoms. The van der Waals surface area contributed by atoms with Crippen LogP contribution in [0.15, 0.2) is 54.7 Å². The van der Waals surface area contributed by atoms with Crippen molar-refractivity contribution in [3.63, 3.8) is 0 Å². The third-order valence-electron chi connectivity index (χ3n) is 5.24. The summed E-state index contributed by atoms with van der Waals surface area (Å²) < 4.78 is 12.2. The number of aromatic nitrogens is 4. The second kappa shape index (κ2) is 9.55. The molecule has 0 radical (unpaired) electrons. The SMILES string of the molecule is COc1ccc(CNc2nc(NCc3ccc(OC)cc3)n3ncc(C(C)C)c3n2)cc1. The smallest absolute Gasteiger partial charge is 0.229 e. The minimum absolute atomic E-state index is 0.297. The van der Waals surface area contributed by atoms with E-state index in [9.17, 15) is 0 Å². The number of nitrogens with one attached hydrogen (secondary N) is 2. The van der Waals surface area contributed by atoms with E-state index in [1.165, 1.54) is 0 Å².